The van der Waals surface area contributed by atoms with Crippen molar-refractivity contribution in [3.05, 3.63) is 140 Å². The van der Waals surface area contributed by atoms with Crippen molar-refractivity contribution in [1.29, 1.82) is 0 Å². The number of benzene rings is 4. The quantitative estimate of drug-likeness (QED) is 0.188. The van der Waals surface area contributed by atoms with Crippen LogP contribution in [0.1, 0.15) is 0 Å². The van der Waals surface area contributed by atoms with E-state index in [1.807, 2.05) is 55.2 Å². The Bertz CT molecular complexity index is 2810. The standard InChI is InChI=1S/C40H23N7/c1-2-12-35-28(8-1)30-11-5-19-43-39(30)47(35)40-31-15-13-26-14-16-34(27-9-3-6-24-17-20-41-22-32(24)27)44-36(26)37(31)45-38(46-40)29-10-4-7-25-18-21-42-23-33(25)29/h1-23H. The summed E-state index contributed by atoms with van der Waals surface area (Å²) < 4.78 is 2.16. The minimum atomic E-state index is 0.599. The molecule has 0 aliphatic carbocycles. The molecule has 6 aromatic heterocycles. The van der Waals surface area contributed by atoms with Crippen LogP contribution in [0.15, 0.2) is 140 Å². The first-order valence-electron chi connectivity index (χ1n) is 15.4. The fourth-order valence-corrected chi connectivity index (χ4v) is 6.86. The highest BCUT2D eigenvalue weighted by atomic mass is 15.1. The van der Waals surface area contributed by atoms with Gasteiger partial charge in [0.2, 0.25) is 0 Å². The molecule has 7 nitrogen and oxygen atoms in total. The lowest BCUT2D eigenvalue weighted by atomic mass is 10.0. The highest BCUT2D eigenvalue weighted by molar-refractivity contribution is 6.12. The van der Waals surface area contributed by atoms with Gasteiger partial charge in [-0.1, -0.05) is 66.7 Å². The van der Waals surface area contributed by atoms with Crippen molar-refractivity contribution in [2.75, 3.05) is 0 Å². The van der Waals surface area contributed by atoms with Gasteiger partial charge in [0.1, 0.15) is 11.2 Å². The van der Waals surface area contributed by atoms with Crippen LogP contribution in [0.5, 0.6) is 0 Å². The van der Waals surface area contributed by atoms with E-state index in [9.17, 15) is 0 Å². The maximum atomic E-state index is 5.34. The summed E-state index contributed by atoms with van der Waals surface area (Å²) in [4.78, 5) is 29.7. The van der Waals surface area contributed by atoms with E-state index in [1.165, 1.54) is 0 Å². The molecular weight excluding hydrogens is 578 g/mol. The van der Waals surface area contributed by atoms with Crippen LogP contribution in [0.2, 0.25) is 0 Å². The molecule has 0 radical (unpaired) electrons. The average molecular weight is 602 g/mol. The third-order valence-corrected chi connectivity index (χ3v) is 9.04. The predicted octanol–water partition coefficient (Wildman–Crippen LogP) is 9.10. The summed E-state index contributed by atoms with van der Waals surface area (Å²) in [7, 11) is 0. The van der Waals surface area contributed by atoms with Crippen molar-refractivity contribution in [2.45, 2.75) is 0 Å². The Hall–Kier alpha value is -6.60. The summed E-state index contributed by atoms with van der Waals surface area (Å²) in [6.45, 7) is 0. The molecule has 0 saturated heterocycles. The van der Waals surface area contributed by atoms with Gasteiger partial charge in [-0.2, -0.15) is 0 Å². The van der Waals surface area contributed by atoms with Crippen LogP contribution >= 0.6 is 0 Å². The normalized spacial score (nSPS) is 11.8. The van der Waals surface area contributed by atoms with Gasteiger partial charge in [0.15, 0.2) is 11.6 Å². The minimum Gasteiger partial charge on any atom is -0.277 e. The van der Waals surface area contributed by atoms with Gasteiger partial charge in [-0.25, -0.2) is 19.9 Å². The molecule has 0 fully saturated rings. The number of rotatable bonds is 3. The lowest BCUT2D eigenvalue weighted by Gasteiger charge is -2.14. The van der Waals surface area contributed by atoms with Gasteiger partial charge in [0.25, 0.3) is 0 Å². The summed E-state index contributed by atoms with van der Waals surface area (Å²) in [6.07, 6.45) is 9.25. The van der Waals surface area contributed by atoms with Crippen molar-refractivity contribution in [2.24, 2.45) is 0 Å². The number of fused-ring (bicyclic) bond motifs is 8. The molecule has 0 aliphatic heterocycles. The van der Waals surface area contributed by atoms with E-state index in [4.69, 9.17) is 19.9 Å². The first kappa shape index (κ1) is 25.7. The Morgan fingerprint density at radius 1 is 0.447 bits per heavy atom. The Morgan fingerprint density at radius 3 is 2.04 bits per heavy atom. The second-order valence-electron chi connectivity index (χ2n) is 11.6. The Morgan fingerprint density at radius 2 is 1.19 bits per heavy atom. The largest absolute Gasteiger partial charge is 0.277 e. The lowest BCUT2D eigenvalue weighted by Crippen LogP contribution is -2.04. The van der Waals surface area contributed by atoms with Crippen LogP contribution in [-0.4, -0.2) is 34.5 Å². The molecule has 10 rings (SSSR count). The van der Waals surface area contributed by atoms with Crippen molar-refractivity contribution in [3.63, 3.8) is 0 Å². The topological polar surface area (TPSA) is 82.3 Å². The third-order valence-electron chi connectivity index (χ3n) is 9.04. The zero-order chi connectivity index (χ0) is 30.9. The molecule has 0 aliphatic rings. The number of nitrogens with zero attached hydrogens (tertiary/aromatic N) is 7. The lowest BCUT2D eigenvalue weighted by molar-refractivity contribution is 1.06. The van der Waals surface area contributed by atoms with Crippen molar-refractivity contribution in [3.8, 4) is 28.5 Å². The average Bonchev–Trinajstić information content (AvgIpc) is 3.48. The van der Waals surface area contributed by atoms with E-state index in [-0.39, 0.29) is 0 Å². The predicted molar refractivity (Wildman–Crippen MR) is 188 cm³/mol. The van der Waals surface area contributed by atoms with Crippen LogP contribution in [0, 0.1) is 0 Å². The maximum Gasteiger partial charge on any atom is 0.162 e. The second-order valence-corrected chi connectivity index (χ2v) is 11.6. The fourth-order valence-electron chi connectivity index (χ4n) is 6.86. The van der Waals surface area contributed by atoms with E-state index in [0.29, 0.717) is 5.82 Å². The molecule has 0 bridgehead atoms. The van der Waals surface area contributed by atoms with Crippen LogP contribution < -0.4 is 0 Å². The second kappa shape index (κ2) is 9.95. The smallest absolute Gasteiger partial charge is 0.162 e. The van der Waals surface area contributed by atoms with Crippen molar-refractivity contribution < 1.29 is 0 Å². The van der Waals surface area contributed by atoms with Gasteiger partial charge in [-0.3, -0.25) is 14.5 Å². The van der Waals surface area contributed by atoms with Crippen LogP contribution in [0.4, 0.5) is 0 Å². The molecule has 0 unspecified atom stereocenters. The van der Waals surface area contributed by atoms with Crippen LogP contribution in [0.25, 0.3) is 93.8 Å². The zero-order valence-electron chi connectivity index (χ0n) is 24.9. The molecule has 47 heavy (non-hydrogen) atoms. The molecule has 0 atom stereocenters. The molecule has 7 heteroatoms. The Balaban J connectivity index is 1.35. The van der Waals surface area contributed by atoms with Gasteiger partial charge < -0.3 is 0 Å². The minimum absolute atomic E-state index is 0.599. The number of aromatic nitrogens is 7. The zero-order valence-corrected chi connectivity index (χ0v) is 24.9. The molecule has 0 N–H and O–H groups in total. The monoisotopic (exact) mass is 601 g/mol. The fraction of sp³-hybridized carbons (Fsp3) is 0. The van der Waals surface area contributed by atoms with Gasteiger partial charge >= 0.3 is 0 Å². The summed E-state index contributed by atoms with van der Waals surface area (Å²) in [5, 5.41) is 8.29. The van der Waals surface area contributed by atoms with Crippen LogP contribution in [-0.2, 0) is 0 Å². The molecule has 10 aromatic rings. The number of hydrogen-bond acceptors (Lipinski definition) is 6. The molecular formula is C40H23N7. The SMILES string of the molecule is c1cc(-c2ccc3ccc4c(-n5c6ccccc6c6cccnc65)nc(-c5cccc6ccncc56)nc4c3n2)c2cnccc2c1. The highest BCUT2D eigenvalue weighted by Crippen LogP contribution is 2.37. The Labute approximate surface area is 267 Å². The first-order valence-corrected chi connectivity index (χ1v) is 15.4. The van der Waals surface area contributed by atoms with Gasteiger partial charge in [0, 0.05) is 74.4 Å². The van der Waals surface area contributed by atoms with Crippen molar-refractivity contribution in [1.82, 2.24) is 34.5 Å². The Kier molecular flexibility index (Phi) is 5.44. The van der Waals surface area contributed by atoms with Gasteiger partial charge in [0.05, 0.1) is 16.7 Å². The number of para-hydroxylation sites is 1. The number of hydrogen-bond donors (Lipinski definition) is 0. The molecule has 6 heterocycles. The summed E-state index contributed by atoms with van der Waals surface area (Å²) >= 11 is 0. The van der Waals surface area contributed by atoms with E-state index in [0.717, 1.165) is 87.9 Å². The molecule has 0 amide bonds. The van der Waals surface area contributed by atoms with E-state index in [2.05, 4.69) is 99.5 Å². The van der Waals surface area contributed by atoms with Gasteiger partial charge in [-0.05, 0) is 53.2 Å². The van der Waals surface area contributed by atoms with Crippen molar-refractivity contribution >= 4 is 65.3 Å². The van der Waals surface area contributed by atoms with Crippen LogP contribution in [0.3, 0.4) is 0 Å². The molecule has 0 saturated carbocycles. The molecule has 218 valence electrons. The first-order chi connectivity index (χ1) is 23.3. The molecule has 4 aromatic carbocycles. The summed E-state index contributed by atoms with van der Waals surface area (Å²) in [5.41, 5.74) is 6.22. The van der Waals surface area contributed by atoms with E-state index >= 15 is 0 Å². The summed E-state index contributed by atoms with van der Waals surface area (Å²) in [5.74, 6) is 1.35. The van der Waals surface area contributed by atoms with E-state index < -0.39 is 0 Å². The third kappa shape index (κ3) is 3.87. The number of pyridine rings is 4. The van der Waals surface area contributed by atoms with Gasteiger partial charge in [-0.15, -0.1) is 0 Å². The molecule has 0 spiro atoms. The highest BCUT2D eigenvalue weighted by Gasteiger charge is 2.21. The van der Waals surface area contributed by atoms with E-state index in [1.54, 1.807) is 0 Å². The maximum absolute atomic E-state index is 5.34. The summed E-state index contributed by atoms with van der Waals surface area (Å²) in [6, 6.07) is 37.4.